The number of sulfonamides is 1. The van der Waals surface area contributed by atoms with E-state index in [0.717, 1.165) is 12.8 Å². The van der Waals surface area contributed by atoms with E-state index in [-0.39, 0.29) is 23.4 Å². The lowest BCUT2D eigenvalue weighted by Gasteiger charge is -2.08. The van der Waals surface area contributed by atoms with Crippen molar-refractivity contribution in [2.24, 2.45) is 0 Å². The molecule has 8 heteroatoms. The van der Waals surface area contributed by atoms with Gasteiger partial charge in [0.25, 0.3) is 0 Å². The summed E-state index contributed by atoms with van der Waals surface area (Å²) < 4.78 is 26.6. The van der Waals surface area contributed by atoms with Gasteiger partial charge in [0.1, 0.15) is 0 Å². The van der Waals surface area contributed by atoms with Gasteiger partial charge in [-0.25, -0.2) is 13.1 Å². The van der Waals surface area contributed by atoms with Gasteiger partial charge in [0.15, 0.2) is 0 Å². The third kappa shape index (κ3) is 4.17. The van der Waals surface area contributed by atoms with Gasteiger partial charge >= 0.3 is 0 Å². The molecule has 5 nitrogen and oxygen atoms in total. The first-order valence-corrected chi connectivity index (χ1v) is 8.28. The van der Waals surface area contributed by atoms with Crippen molar-refractivity contribution >= 4 is 43.5 Å². The SMILES string of the molecule is O=C(CNS(=O)(=O)c1ccc(Cl)c(Br)c1)NC1CC1. The zero-order chi connectivity index (χ0) is 14.0. The second-order valence-electron chi connectivity index (χ2n) is 4.24. The van der Waals surface area contributed by atoms with Crippen LogP contribution in [-0.2, 0) is 14.8 Å². The predicted octanol–water partition coefficient (Wildman–Crippen LogP) is 1.66. The third-order valence-corrected chi connectivity index (χ3v) is 5.18. The molecule has 1 fully saturated rings. The maximum Gasteiger partial charge on any atom is 0.241 e. The van der Waals surface area contributed by atoms with Crippen LogP contribution >= 0.6 is 27.5 Å². The normalized spacial score (nSPS) is 15.3. The molecule has 1 aliphatic rings. The number of carbonyl (C=O) groups excluding carboxylic acids is 1. The molecule has 2 rings (SSSR count). The lowest BCUT2D eigenvalue weighted by Crippen LogP contribution is -2.37. The van der Waals surface area contributed by atoms with E-state index in [4.69, 9.17) is 11.6 Å². The molecule has 0 saturated heterocycles. The first kappa shape index (κ1) is 14.8. The molecule has 19 heavy (non-hydrogen) atoms. The molecule has 0 heterocycles. The van der Waals surface area contributed by atoms with Gasteiger partial charge in [-0.2, -0.15) is 0 Å². The molecule has 0 unspecified atom stereocenters. The minimum absolute atomic E-state index is 0.0583. The summed E-state index contributed by atoms with van der Waals surface area (Å²) in [4.78, 5) is 11.5. The highest BCUT2D eigenvalue weighted by Crippen LogP contribution is 2.25. The van der Waals surface area contributed by atoms with Crippen LogP contribution in [0.25, 0.3) is 0 Å². The molecule has 0 aliphatic heterocycles. The summed E-state index contributed by atoms with van der Waals surface area (Å²) in [6.07, 6.45) is 1.92. The lowest BCUT2D eigenvalue weighted by molar-refractivity contribution is -0.120. The van der Waals surface area contributed by atoms with Crippen LogP contribution in [0.15, 0.2) is 27.6 Å². The van der Waals surface area contributed by atoms with Crippen molar-refractivity contribution in [1.82, 2.24) is 10.0 Å². The number of benzene rings is 1. The number of rotatable bonds is 5. The Labute approximate surface area is 124 Å². The number of amides is 1. The fourth-order valence-corrected chi connectivity index (χ4v) is 3.05. The van der Waals surface area contributed by atoms with Gasteiger partial charge in [-0.05, 0) is 47.0 Å². The largest absolute Gasteiger partial charge is 0.352 e. The molecular weight excluding hydrogens is 356 g/mol. The fraction of sp³-hybridized carbons (Fsp3) is 0.364. The van der Waals surface area contributed by atoms with E-state index in [0.29, 0.717) is 9.50 Å². The van der Waals surface area contributed by atoms with E-state index in [9.17, 15) is 13.2 Å². The second-order valence-corrected chi connectivity index (χ2v) is 7.27. The highest BCUT2D eigenvalue weighted by atomic mass is 79.9. The van der Waals surface area contributed by atoms with Gasteiger partial charge < -0.3 is 5.32 Å². The van der Waals surface area contributed by atoms with Crippen LogP contribution < -0.4 is 10.0 Å². The molecule has 1 aromatic carbocycles. The summed E-state index contributed by atoms with van der Waals surface area (Å²) in [6, 6.07) is 4.46. The Morgan fingerprint density at radius 3 is 2.68 bits per heavy atom. The molecule has 0 bridgehead atoms. The Kier molecular flexibility index (Phi) is 4.50. The van der Waals surface area contributed by atoms with Crippen LogP contribution in [0.3, 0.4) is 0 Å². The lowest BCUT2D eigenvalue weighted by atomic mass is 10.4. The molecule has 0 atom stereocenters. The molecule has 104 valence electrons. The molecule has 1 amide bonds. The quantitative estimate of drug-likeness (QED) is 0.831. The summed E-state index contributed by atoms with van der Waals surface area (Å²) in [7, 11) is -3.71. The smallest absolute Gasteiger partial charge is 0.241 e. The second kappa shape index (κ2) is 5.78. The molecule has 1 aliphatic carbocycles. The minimum atomic E-state index is -3.71. The number of carbonyl (C=O) groups is 1. The van der Waals surface area contributed by atoms with Gasteiger partial charge in [0, 0.05) is 10.5 Å². The average Bonchev–Trinajstić information content (AvgIpc) is 3.14. The Balaban J connectivity index is 2.00. The van der Waals surface area contributed by atoms with Crippen LogP contribution in [0.5, 0.6) is 0 Å². The van der Waals surface area contributed by atoms with Crippen molar-refractivity contribution in [1.29, 1.82) is 0 Å². The molecular formula is C11H12BrClN2O3S. The van der Waals surface area contributed by atoms with Crippen LogP contribution in [0.2, 0.25) is 5.02 Å². The molecule has 1 saturated carbocycles. The highest BCUT2D eigenvalue weighted by Gasteiger charge is 2.24. The van der Waals surface area contributed by atoms with Crippen LogP contribution in [0.4, 0.5) is 0 Å². The van der Waals surface area contributed by atoms with E-state index in [2.05, 4.69) is 26.0 Å². The molecule has 2 N–H and O–H groups in total. The topological polar surface area (TPSA) is 75.3 Å². The van der Waals surface area contributed by atoms with Crippen molar-refractivity contribution in [3.8, 4) is 0 Å². The maximum atomic E-state index is 11.9. The van der Waals surface area contributed by atoms with Crippen molar-refractivity contribution in [3.05, 3.63) is 27.7 Å². The van der Waals surface area contributed by atoms with Gasteiger partial charge in [0.05, 0.1) is 16.5 Å². The Bertz CT molecular complexity index is 602. The standard InChI is InChI=1S/C11H12BrClN2O3S/c12-9-5-8(3-4-10(9)13)19(17,18)14-6-11(16)15-7-1-2-7/h3-5,7,14H,1-2,6H2,(H,15,16). The summed E-state index contributed by atoms with van der Waals surface area (Å²) in [5.74, 6) is -0.320. The van der Waals surface area contributed by atoms with E-state index in [1.54, 1.807) is 0 Å². The van der Waals surface area contributed by atoms with E-state index in [1.165, 1.54) is 18.2 Å². The van der Waals surface area contributed by atoms with Crippen LogP contribution in [0, 0.1) is 0 Å². The third-order valence-electron chi connectivity index (χ3n) is 2.57. The van der Waals surface area contributed by atoms with Crippen molar-refractivity contribution in [2.75, 3.05) is 6.54 Å². The van der Waals surface area contributed by atoms with Gasteiger partial charge in [-0.3, -0.25) is 4.79 Å². The molecule has 0 aromatic heterocycles. The first-order valence-electron chi connectivity index (χ1n) is 5.62. The first-order chi connectivity index (χ1) is 8.88. The summed E-state index contributed by atoms with van der Waals surface area (Å²) in [6.45, 7) is -0.265. The zero-order valence-electron chi connectivity index (χ0n) is 9.82. The van der Waals surface area contributed by atoms with Crippen LogP contribution in [-0.4, -0.2) is 26.9 Å². The molecule has 0 spiro atoms. The van der Waals surface area contributed by atoms with E-state index >= 15 is 0 Å². The predicted molar refractivity (Wildman–Crippen MR) is 75.5 cm³/mol. The number of halogens is 2. The van der Waals surface area contributed by atoms with Crippen molar-refractivity contribution in [3.63, 3.8) is 0 Å². The van der Waals surface area contributed by atoms with Gasteiger partial charge in [0.2, 0.25) is 15.9 Å². The molecule has 0 radical (unpaired) electrons. The van der Waals surface area contributed by atoms with E-state index in [1.807, 2.05) is 0 Å². The van der Waals surface area contributed by atoms with Gasteiger partial charge in [-0.15, -0.1) is 0 Å². The zero-order valence-corrected chi connectivity index (χ0v) is 13.0. The number of hydrogen-bond acceptors (Lipinski definition) is 3. The van der Waals surface area contributed by atoms with Crippen LogP contribution in [0.1, 0.15) is 12.8 Å². The Hall–Kier alpha value is -0.630. The summed E-state index contributed by atoms with van der Waals surface area (Å²) >= 11 is 8.95. The Morgan fingerprint density at radius 2 is 2.11 bits per heavy atom. The summed E-state index contributed by atoms with van der Waals surface area (Å²) in [5.41, 5.74) is 0. The number of hydrogen-bond donors (Lipinski definition) is 2. The van der Waals surface area contributed by atoms with Crippen molar-refractivity contribution in [2.45, 2.75) is 23.8 Å². The highest BCUT2D eigenvalue weighted by molar-refractivity contribution is 9.10. The minimum Gasteiger partial charge on any atom is -0.352 e. The average molecular weight is 368 g/mol. The fourth-order valence-electron chi connectivity index (χ4n) is 1.39. The molecule has 1 aromatic rings. The maximum absolute atomic E-state index is 11.9. The van der Waals surface area contributed by atoms with Gasteiger partial charge in [-0.1, -0.05) is 11.6 Å². The monoisotopic (exact) mass is 366 g/mol. The van der Waals surface area contributed by atoms with Crippen molar-refractivity contribution < 1.29 is 13.2 Å². The number of nitrogens with one attached hydrogen (secondary N) is 2. The summed E-state index contributed by atoms with van der Waals surface area (Å²) in [5, 5.41) is 3.12. The van der Waals surface area contributed by atoms with E-state index < -0.39 is 10.0 Å². The Morgan fingerprint density at radius 1 is 1.42 bits per heavy atom.